The highest BCUT2D eigenvalue weighted by Gasteiger charge is 2.27. The van der Waals surface area contributed by atoms with Gasteiger partial charge in [-0.3, -0.25) is 20.4 Å². The zero-order chi connectivity index (χ0) is 20.4. The van der Waals surface area contributed by atoms with E-state index in [0.717, 1.165) is 22.4 Å². The number of para-hydroxylation sites is 1. The predicted molar refractivity (Wildman–Crippen MR) is 110 cm³/mol. The maximum atomic E-state index is 12.7. The Labute approximate surface area is 171 Å². The topological polar surface area (TPSA) is 127 Å². The number of amides is 2. The van der Waals surface area contributed by atoms with Crippen LogP contribution in [0, 0.1) is 0 Å². The molecule has 0 spiro atoms. The molecule has 1 fully saturated rings. The molecule has 0 saturated carbocycles. The Hall–Kier alpha value is -2.76. The number of thioether (sulfide) groups is 1. The molecule has 152 valence electrons. The average Bonchev–Trinajstić information content (AvgIpc) is 3.40. The number of fused-ring (bicyclic) bond motifs is 1. The van der Waals surface area contributed by atoms with E-state index >= 15 is 0 Å². The van der Waals surface area contributed by atoms with Crippen LogP contribution in [-0.2, 0) is 10.0 Å². The quantitative estimate of drug-likeness (QED) is 0.462. The molecule has 11 heteroatoms. The SMILES string of the molecule is O=C(NNC(=O)c1c[nH]c2ccccc12)c1cc(S(=O)(=O)N2CCSCC2)c[nH]1. The van der Waals surface area contributed by atoms with Crippen molar-refractivity contribution in [1.82, 2.24) is 25.1 Å². The zero-order valence-corrected chi connectivity index (χ0v) is 16.9. The lowest BCUT2D eigenvalue weighted by atomic mass is 10.2. The van der Waals surface area contributed by atoms with E-state index in [1.807, 2.05) is 18.2 Å². The van der Waals surface area contributed by atoms with E-state index in [4.69, 9.17) is 0 Å². The Kier molecular flexibility index (Phi) is 5.35. The van der Waals surface area contributed by atoms with Crippen molar-refractivity contribution in [1.29, 1.82) is 0 Å². The maximum Gasteiger partial charge on any atom is 0.286 e. The van der Waals surface area contributed by atoms with Crippen molar-refractivity contribution in [2.75, 3.05) is 24.6 Å². The van der Waals surface area contributed by atoms with Gasteiger partial charge in [0.1, 0.15) is 10.6 Å². The molecular formula is C18H19N5O4S2. The van der Waals surface area contributed by atoms with E-state index in [9.17, 15) is 18.0 Å². The van der Waals surface area contributed by atoms with Crippen LogP contribution < -0.4 is 10.9 Å². The van der Waals surface area contributed by atoms with Crippen LogP contribution >= 0.6 is 11.8 Å². The third-order valence-electron chi connectivity index (χ3n) is 4.63. The van der Waals surface area contributed by atoms with Gasteiger partial charge in [-0.25, -0.2) is 8.42 Å². The number of hydrogen-bond donors (Lipinski definition) is 4. The van der Waals surface area contributed by atoms with E-state index in [0.29, 0.717) is 18.7 Å². The number of rotatable bonds is 4. The number of aromatic amines is 2. The van der Waals surface area contributed by atoms with Gasteiger partial charge in [0.2, 0.25) is 10.0 Å². The summed E-state index contributed by atoms with van der Waals surface area (Å²) >= 11 is 1.71. The molecule has 0 atom stereocenters. The second kappa shape index (κ2) is 7.93. The summed E-state index contributed by atoms with van der Waals surface area (Å²) in [6, 6.07) is 8.57. The summed E-state index contributed by atoms with van der Waals surface area (Å²) in [5, 5.41) is 0.729. The van der Waals surface area contributed by atoms with Crippen LogP contribution in [0.15, 0.2) is 47.6 Å². The number of sulfonamides is 1. The number of nitrogens with zero attached hydrogens (tertiary/aromatic N) is 1. The van der Waals surface area contributed by atoms with Gasteiger partial charge in [0.25, 0.3) is 11.8 Å². The summed E-state index contributed by atoms with van der Waals surface area (Å²) in [5.74, 6) is 0.364. The van der Waals surface area contributed by atoms with Gasteiger partial charge in [-0.05, 0) is 12.1 Å². The number of nitrogens with one attached hydrogen (secondary N) is 4. The van der Waals surface area contributed by atoms with Crippen molar-refractivity contribution < 1.29 is 18.0 Å². The molecule has 9 nitrogen and oxygen atoms in total. The molecule has 1 aliphatic heterocycles. The highest BCUT2D eigenvalue weighted by atomic mass is 32.2. The summed E-state index contributed by atoms with van der Waals surface area (Å²) in [4.78, 5) is 30.4. The predicted octanol–water partition coefficient (Wildman–Crippen LogP) is 1.31. The van der Waals surface area contributed by atoms with Gasteiger partial charge in [-0.2, -0.15) is 16.1 Å². The first-order chi connectivity index (χ1) is 14.0. The molecule has 3 heterocycles. The number of H-pyrrole nitrogens is 2. The minimum absolute atomic E-state index is 0.0255. The first-order valence-electron chi connectivity index (χ1n) is 8.90. The lowest BCUT2D eigenvalue weighted by molar-refractivity contribution is 0.0845. The van der Waals surface area contributed by atoms with Gasteiger partial charge in [0.05, 0.1) is 5.56 Å². The molecular weight excluding hydrogens is 414 g/mol. The highest BCUT2D eigenvalue weighted by molar-refractivity contribution is 7.99. The summed E-state index contributed by atoms with van der Waals surface area (Å²) in [6.07, 6.45) is 2.84. The maximum absolute atomic E-state index is 12.7. The fourth-order valence-corrected chi connectivity index (χ4v) is 5.67. The Bertz CT molecular complexity index is 1160. The molecule has 0 radical (unpaired) electrons. The molecule has 3 aromatic rings. The van der Waals surface area contributed by atoms with Gasteiger partial charge < -0.3 is 9.97 Å². The second-order valence-corrected chi connectivity index (χ2v) is 9.58. The molecule has 1 aliphatic rings. The molecule has 1 aromatic carbocycles. The van der Waals surface area contributed by atoms with E-state index in [-0.39, 0.29) is 10.6 Å². The van der Waals surface area contributed by atoms with Crippen LogP contribution in [0.4, 0.5) is 0 Å². The van der Waals surface area contributed by atoms with Crippen LogP contribution in [0.3, 0.4) is 0 Å². The Morgan fingerprint density at radius 3 is 2.52 bits per heavy atom. The summed E-state index contributed by atoms with van der Waals surface area (Å²) in [5.41, 5.74) is 5.88. The smallest absolute Gasteiger partial charge is 0.286 e. The van der Waals surface area contributed by atoms with Crippen LogP contribution in [0.2, 0.25) is 0 Å². The Morgan fingerprint density at radius 2 is 1.72 bits per heavy atom. The minimum Gasteiger partial charge on any atom is -0.360 e. The van der Waals surface area contributed by atoms with Crippen molar-refractivity contribution in [2.24, 2.45) is 0 Å². The number of hydrogen-bond acceptors (Lipinski definition) is 5. The third kappa shape index (κ3) is 3.88. The summed E-state index contributed by atoms with van der Waals surface area (Å²) in [6.45, 7) is 0.890. The highest BCUT2D eigenvalue weighted by Crippen LogP contribution is 2.21. The zero-order valence-electron chi connectivity index (χ0n) is 15.3. The molecule has 29 heavy (non-hydrogen) atoms. The normalized spacial score (nSPS) is 15.3. The molecule has 4 N–H and O–H groups in total. The number of aromatic nitrogens is 2. The molecule has 2 amide bonds. The van der Waals surface area contributed by atoms with Crippen LogP contribution in [0.5, 0.6) is 0 Å². The van der Waals surface area contributed by atoms with E-state index < -0.39 is 21.8 Å². The van der Waals surface area contributed by atoms with Crippen molar-refractivity contribution >= 4 is 44.5 Å². The lowest BCUT2D eigenvalue weighted by Gasteiger charge is -2.24. The second-order valence-electron chi connectivity index (χ2n) is 6.42. The number of carbonyl (C=O) groups excluding carboxylic acids is 2. The monoisotopic (exact) mass is 433 g/mol. The van der Waals surface area contributed by atoms with Crippen molar-refractivity contribution in [2.45, 2.75) is 4.90 Å². The van der Waals surface area contributed by atoms with Crippen LogP contribution in [0.25, 0.3) is 10.9 Å². The van der Waals surface area contributed by atoms with E-state index in [1.54, 1.807) is 24.0 Å². The Morgan fingerprint density at radius 1 is 1.00 bits per heavy atom. The van der Waals surface area contributed by atoms with Crippen molar-refractivity contribution in [3.05, 3.63) is 54.0 Å². The molecule has 0 aliphatic carbocycles. The molecule has 2 aromatic heterocycles. The third-order valence-corrected chi connectivity index (χ3v) is 7.45. The van der Waals surface area contributed by atoms with Crippen molar-refractivity contribution in [3.8, 4) is 0 Å². The summed E-state index contributed by atoms with van der Waals surface area (Å²) in [7, 11) is -3.65. The van der Waals surface area contributed by atoms with Gasteiger partial charge >= 0.3 is 0 Å². The first kappa shape index (κ1) is 19.6. The van der Waals surface area contributed by atoms with Crippen molar-refractivity contribution in [3.63, 3.8) is 0 Å². The summed E-state index contributed by atoms with van der Waals surface area (Å²) < 4.78 is 26.7. The molecule has 0 bridgehead atoms. The Balaban J connectivity index is 1.42. The van der Waals surface area contributed by atoms with Gasteiger partial charge in [-0.15, -0.1) is 0 Å². The number of benzene rings is 1. The molecule has 4 rings (SSSR count). The standard InChI is InChI=1S/C18H19N5O4S2/c24-17(14-11-20-15-4-2-1-3-13(14)15)21-22-18(25)16-9-12(10-19-16)29(26,27)23-5-7-28-8-6-23/h1-4,9-11,19-20H,5-8H2,(H,21,24)(H,22,25). The largest absolute Gasteiger partial charge is 0.360 e. The number of carbonyl (C=O) groups is 2. The fraction of sp³-hybridized carbons (Fsp3) is 0.222. The van der Waals surface area contributed by atoms with Crippen LogP contribution in [-0.4, -0.2) is 59.1 Å². The molecule has 0 unspecified atom stereocenters. The van der Waals surface area contributed by atoms with Gasteiger partial charge in [0, 0.05) is 47.9 Å². The first-order valence-corrected chi connectivity index (χ1v) is 11.5. The lowest BCUT2D eigenvalue weighted by Crippen LogP contribution is -2.41. The van der Waals surface area contributed by atoms with Gasteiger partial charge in [-0.1, -0.05) is 18.2 Å². The van der Waals surface area contributed by atoms with Crippen LogP contribution in [0.1, 0.15) is 20.8 Å². The molecule has 1 saturated heterocycles. The minimum atomic E-state index is -3.65. The number of hydrazine groups is 1. The van der Waals surface area contributed by atoms with E-state index in [2.05, 4.69) is 20.8 Å². The average molecular weight is 434 g/mol. The van der Waals surface area contributed by atoms with Gasteiger partial charge in [0.15, 0.2) is 0 Å². The van der Waals surface area contributed by atoms with E-state index in [1.165, 1.54) is 16.6 Å². The fourth-order valence-electron chi connectivity index (χ4n) is 3.10.